The van der Waals surface area contributed by atoms with Crippen LogP contribution in [0.2, 0.25) is 0 Å². The SMILES string of the molecule is COCC/C(SC(=O)c1ccccc1)=C(/C)N(C=O)CCCCCCCCCCCCN(C=O)/C(C)=C(\CCOC)SC(=O)c1ccccc1. The molecule has 0 saturated heterocycles. The van der Waals surface area contributed by atoms with Crippen molar-refractivity contribution < 1.29 is 28.7 Å². The molecule has 2 rings (SSSR count). The van der Waals surface area contributed by atoms with Gasteiger partial charge in [-0.15, -0.1) is 0 Å². The Hall–Kier alpha value is -3.18. The van der Waals surface area contributed by atoms with E-state index in [2.05, 4.69) is 0 Å². The van der Waals surface area contributed by atoms with E-state index in [1.165, 1.54) is 49.2 Å². The molecule has 274 valence electrons. The van der Waals surface area contributed by atoms with Crippen molar-refractivity contribution in [3.8, 4) is 0 Å². The summed E-state index contributed by atoms with van der Waals surface area (Å²) in [5.41, 5.74) is 2.92. The lowest BCUT2D eigenvalue weighted by Crippen LogP contribution is -2.22. The molecule has 8 nitrogen and oxygen atoms in total. The number of rotatable bonds is 27. The standard InChI is InChI=1S/C40H56N2O6S2/c1-33(37(25-29-47-3)49-39(45)35-21-15-13-16-22-35)41(31-43)27-19-11-9-7-5-6-8-10-12-20-28-42(32-44)34(2)38(26-30-48-4)50-40(46)36-23-17-14-18-24-36/h13-18,21-24,31-32H,5-12,19-20,25-30H2,1-4H3/b37-33+,38-34+. The Balaban J connectivity index is 1.68. The predicted octanol–water partition coefficient (Wildman–Crippen LogP) is 9.49. The molecule has 2 aromatic rings. The Labute approximate surface area is 308 Å². The molecule has 0 spiro atoms. The number of methoxy groups -OCH3 is 2. The summed E-state index contributed by atoms with van der Waals surface area (Å²) in [4.78, 5) is 54.8. The van der Waals surface area contributed by atoms with E-state index in [9.17, 15) is 19.2 Å². The van der Waals surface area contributed by atoms with E-state index in [1.54, 1.807) is 48.3 Å². The minimum Gasteiger partial charge on any atom is -0.384 e. The van der Waals surface area contributed by atoms with Crippen LogP contribution < -0.4 is 0 Å². The van der Waals surface area contributed by atoms with E-state index in [0.717, 1.165) is 72.5 Å². The number of hydrogen-bond acceptors (Lipinski definition) is 8. The average Bonchev–Trinajstić information content (AvgIpc) is 3.15. The van der Waals surface area contributed by atoms with Crippen LogP contribution in [0.25, 0.3) is 0 Å². The lowest BCUT2D eigenvalue weighted by molar-refractivity contribution is -0.117. The molecule has 10 heteroatoms. The maximum absolute atomic E-state index is 12.8. The van der Waals surface area contributed by atoms with E-state index in [-0.39, 0.29) is 10.2 Å². The molecular formula is C40H56N2O6S2. The van der Waals surface area contributed by atoms with Gasteiger partial charge < -0.3 is 19.3 Å². The van der Waals surface area contributed by atoms with Crippen molar-refractivity contribution in [2.45, 2.75) is 90.9 Å². The molecule has 0 saturated carbocycles. The Morgan fingerprint density at radius 3 is 1.18 bits per heavy atom. The molecule has 50 heavy (non-hydrogen) atoms. The molecular weight excluding hydrogens is 669 g/mol. The second-order valence-electron chi connectivity index (χ2n) is 12.1. The molecule has 0 unspecified atom stereocenters. The summed E-state index contributed by atoms with van der Waals surface area (Å²) in [5, 5.41) is -0.0695. The Kier molecular flexibility index (Phi) is 22.9. The number of thioether (sulfide) groups is 2. The highest BCUT2D eigenvalue weighted by Crippen LogP contribution is 2.30. The highest BCUT2D eigenvalue weighted by atomic mass is 32.2. The monoisotopic (exact) mass is 724 g/mol. The Bertz CT molecular complexity index is 1250. The molecule has 0 heterocycles. The van der Waals surface area contributed by atoms with Crippen LogP contribution in [0.4, 0.5) is 0 Å². The van der Waals surface area contributed by atoms with Crippen molar-refractivity contribution in [1.82, 2.24) is 9.80 Å². The highest BCUT2D eigenvalue weighted by Gasteiger charge is 2.17. The van der Waals surface area contributed by atoms with Gasteiger partial charge in [0.2, 0.25) is 23.1 Å². The quantitative estimate of drug-likeness (QED) is 0.0665. The van der Waals surface area contributed by atoms with Crippen LogP contribution in [-0.2, 0) is 19.1 Å². The van der Waals surface area contributed by atoms with Gasteiger partial charge in [0.05, 0.1) is 13.2 Å². The normalized spacial score (nSPS) is 12.2. The molecule has 0 aromatic heterocycles. The average molecular weight is 725 g/mol. The summed E-state index contributed by atoms with van der Waals surface area (Å²) < 4.78 is 10.5. The van der Waals surface area contributed by atoms with Crippen LogP contribution in [-0.4, -0.2) is 73.4 Å². The predicted molar refractivity (Wildman–Crippen MR) is 207 cm³/mol. The first-order chi connectivity index (χ1) is 24.4. The third-order valence-corrected chi connectivity index (χ3v) is 10.8. The summed E-state index contributed by atoms with van der Waals surface area (Å²) >= 11 is 2.36. The molecule has 0 atom stereocenters. The minimum absolute atomic E-state index is 0.0347. The number of allylic oxidation sites excluding steroid dienone is 2. The van der Waals surface area contributed by atoms with Crippen molar-refractivity contribution in [1.29, 1.82) is 0 Å². The molecule has 0 aliphatic carbocycles. The maximum Gasteiger partial charge on any atom is 0.223 e. The van der Waals surface area contributed by atoms with Crippen molar-refractivity contribution >= 4 is 46.6 Å². The zero-order valence-electron chi connectivity index (χ0n) is 30.4. The Morgan fingerprint density at radius 1 is 0.560 bits per heavy atom. The van der Waals surface area contributed by atoms with Gasteiger partial charge in [-0.3, -0.25) is 19.2 Å². The fourth-order valence-corrected chi connectivity index (χ4v) is 7.25. The summed E-state index contributed by atoms with van der Waals surface area (Å²) in [5.74, 6) is 0. The van der Waals surface area contributed by atoms with E-state index in [1.807, 2.05) is 50.2 Å². The number of ether oxygens (including phenoxy) is 2. The van der Waals surface area contributed by atoms with Crippen LogP contribution >= 0.6 is 23.5 Å². The van der Waals surface area contributed by atoms with Crippen molar-refractivity contribution in [3.05, 3.63) is 93.0 Å². The van der Waals surface area contributed by atoms with Crippen molar-refractivity contribution in [2.24, 2.45) is 0 Å². The first-order valence-corrected chi connectivity index (χ1v) is 19.3. The van der Waals surface area contributed by atoms with Gasteiger partial charge in [0.15, 0.2) is 0 Å². The lowest BCUT2D eigenvalue weighted by atomic mass is 10.1. The van der Waals surface area contributed by atoms with Crippen LogP contribution in [0.15, 0.2) is 81.9 Å². The molecule has 0 aliphatic heterocycles. The molecule has 2 aromatic carbocycles. The number of carbonyl (C=O) groups excluding carboxylic acids is 4. The van der Waals surface area contributed by atoms with Gasteiger partial charge in [-0.25, -0.2) is 0 Å². The van der Waals surface area contributed by atoms with Crippen LogP contribution in [0, 0.1) is 0 Å². The summed E-state index contributed by atoms with van der Waals surface area (Å²) in [6.07, 6.45) is 13.8. The fourth-order valence-electron chi connectivity index (χ4n) is 5.39. The van der Waals surface area contributed by atoms with E-state index >= 15 is 0 Å². The lowest BCUT2D eigenvalue weighted by Gasteiger charge is -2.21. The van der Waals surface area contributed by atoms with Gasteiger partial charge in [-0.05, 0) is 50.2 Å². The molecule has 2 amide bonds. The van der Waals surface area contributed by atoms with Gasteiger partial charge in [0, 0.05) is 72.5 Å². The van der Waals surface area contributed by atoms with E-state index < -0.39 is 0 Å². The number of nitrogens with zero attached hydrogens (tertiary/aromatic N) is 2. The zero-order chi connectivity index (χ0) is 36.4. The molecule has 0 bridgehead atoms. The largest absolute Gasteiger partial charge is 0.384 e. The smallest absolute Gasteiger partial charge is 0.223 e. The first-order valence-electron chi connectivity index (χ1n) is 17.7. The van der Waals surface area contributed by atoms with Crippen LogP contribution in [0.1, 0.15) is 112 Å². The molecule has 0 fully saturated rings. The third kappa shape index (κ3) is 16.7. The number of carbonyl (C=O) groups is 4. The molecule has 0 N–H and O–H groups in total. The number of unbranched alkanes of at least 4 members (excludes halogenated alkanes) is 9. The Morgan fingerprint density at radius 2 is 0.880 bits per heavy atom. The van der Waals surface area contributed by atoms with Gasteiger partial charge in [-0.1, -0.05) is 112 Å². The van der Waals surface area contributed by atoms with Crippen molar-refractivity contribution in [3.63, 3.8) is 0 Å². The van der Waals surface area contributed by atoms with Crippen molar-refractivity contribution in [2.75, 3.05) is 40.5 Å². The van der Waals surface area contributed by atoms with Crippen LogP contribution in [0.3, 0.4) is 0 Å². The highest BCUT2D eigenvalue weighted by molar-refractivity contribution is 8.17. The minimum atomic E-state index is -0.0347. The van der Waals surface area contributed by atoms with Gasteiger partial charge in [-0.2, -0.15) is 0 Å². The topological polar surface area (TPSA) is 93.2 Å². The summed E-state index contributed by atoms with van der Waals surface area (Å²) in [6.45, 7) is 6.05. The molecule has 0 radical (unpaired) electrons. The molecule has 0 aliphatic rings. The van der Waals surface area contributed by atoms with Gasteiger partial charge in [0.25, 0.3) is 0 Å². The van der Waals surface area contributed by atoms with Gasteiger partial charge >= 0.3 is 0 Å². The maximum atomic E-state index is 12.8. The number of amides is 2. The summed E-state index contributed by atoms with van der Waals surface area (Å²) in [6, 6.07) is 18.4. The number of hydrogen-bond donors (Lipinski definition) is 0. The third-order valence-electron chi connectivity index (χ3n) is 8.49. The zero-order valence-corrected chi connectivity index (χ0v) is 32.0. The fraction of sp³-hybridized carbons (Fsp3) is 0.500. The van der Waals surface area contributed by atoms with E-state index in [0.29, 0.717) is 50.3 Å². The summed E-state index contributed by atoms with van der Waals surface area (Å²) in [7, 11) is 3.27. The second-order valence-corrected chi connectivity index (χ2v) is 14.3. The van der Waals surface area contributed by atoms with Crippen LogP contribution in [0.5, 0.6) is 0 Å². The second kappa shape index (κ2) is 26.6. The van der Waals surface area contributed by atoms with Gasteiger partial charge in [0.1, 0.15) is 0 Å². The first kappa shape index (κ1) is 43.0. The number of benzene rings is 2. The van der Waals surface area contributed by atoms with E-state index in [4.69, 9.17) is 9.47 Å².